The van der Waals surface area contributed by atoms with Crippen molar-refractivity contribution in [2.75, 3.05) is 0 Å². The zero-order valence-electron chi connectivity index (χ0n) is 29.6. The van der Waals surface area contributed by atoms with Crippen molar-refractivity contribution in [3.63, 3.8) is 0 Å². The highest BCUT2D eigenvalue weighted by molar-refractivity contribution is 6.13. The van der Waals surface area contributed by atoms with E-state index in [-0.39, 0.29) is 5.41 Å². The maximum absolute atomic E-state index is 5.48. The number of benzene rings is 7. The molecule has 250 valence electrons. The van der Waals surface area contributed by atoms with Gasteiger partial charge in [-0.25, -0.2) is 15.0 Å². The van der Waals surface area contributed by atoms with E-state index in [0.29, 0.717) is 5.82 Å². The summed E-state index contributed by atoms with van der Waals surface area (Å²) in [6, 6.07) is 62.3. The summed E-state index contributed by atoms with van der Waals surface area (Å²) >= 11 is 0. The average molecular weight is 678 g/mol. The first-order valence-corrected chi connectivity index (χ1v) is 18.2. The topological polar surface area (TPSA) is 38.7 Å². The fraction of sp³-hybridized carbons (Fsp3) is 0.0600. The number of nitrogens with zero attached hydrogens (tertiary/aromatic N) is 3. The van der Waals surface area contributed by atoms with Crippen molar-refractivity contribution in [2.45, 2.75) is 19.3 Å². The third kappa shape index (κ3) is 5.16. The van der Waals surface area contributed by atoms with Gasteiger partial charge in [-0.3, -0.25) is 0 Å². The van der Waals surface area contributed by atoms with Crippen molar-refractivity contribution in [2.24, 2.45) is 0 Å². The minimum absolute atomic E-state index is 0.238. The van der Waals surface area contributed by atoms with Crippen molar-refractivity contribution in [3.8, 4) is 67.4 Å². The molecule has 10 rings (SSSR count). The lowest BCUT2D eigenvalue weighted by Crippen LogP contribution is -2.16. The van der Waals surface area contributed by atoms with E-state index in [1.807, 2.05) is 12.1 Å². The van der Waals surface area contributed by atoms with Gasteiger partial charge < -0.3 is 0 Å². The van der Waals surface area contributed by atoms with Crippen LogP contribution in [0.15, 0.2) is 176 Å². The van der Waals surface area contributed by atoms with Crippen LogP contribution in [-0.4, -0.2) is 15.0 Å². The summed E-state index contributed by atoms with van der Waals surface area (Å²) in [5.41, 5.74) is 15.2. The zero-order valence-corrected chi connectivity index (χ0v) is 29.6. The lowest BCUT2D eigenvalue weighted by Gasteiger charge is -2.25. The van der Waals surface area contributed by atoms with E-state index < -0.39 is 0 Å². The Balaban J connectivity index is 1.18. The molecule has 7 aromatic carbocycles. The van der Waals surface area contributed by atoms with E-state index in [1.54, 1.807) is 0 Å². The minimum atomic E-state index is -0.238. The Morgan fingerprint density at radius 1 is 0.415 bits per heavy atom. The molecular weight excluding hydrogens is 643 g/mol. The third-order valence-electron chi connectivity index (χ3n) is 10.9. The van der Waals surface area contributed by atoms with Crippen LogP contribution < -0.4 is 0 Å². The second kappa shape index (κ2) is 12.2. The molecule has 9 aromatic rings. The van der Waals surface area contributed by atoms with Crippen molar-refractivity contribution in [3.05, 3.63) is 187 Å². The molecule has 0 N–H and O–H groups in total. The predicted octanol–water partition coefficient (Wildman–Crippen LogP) is 12.8. The number of aromatic nitrogens is 3. The Bertz CT molecular complexity index is 2840. The molecule has 0 amide bonds. The van der Waals surface area contributed by atoms with Gasteiger partial charge in [0.05, 0.1) is 22.6 Å². The normalized spacial score (nSPS) is 12.9. The van der Waals surface area contributed by atoms with Crippen LogP contribution in [0.2, 0.25) is 0 Å². The fourth-order valence-corrected chi connectivity index (χ4v) is 8.23. The highest BCUT2D eigenvalue weighted by Gasteiger charge is 2.39. The van der Waals surface area contributed by atoms with Gasteiger partial charge in [-0.15, -0.1) is 0 Å². The highest BCUT2D eigenvalue weighted by Crippen LogP contribution is 2.53. The van der Waals surface area contributed by atoms with Gasteiger partial charge in [-0.1, -0.05) is 178 Å². The Hall–Kier alpha value is -6.71. The molecule has 0 bridgehead atoms. The molecule has 3 nitrogen and oxygen atoms in total. The van der Waals surface area contributed by atoms with E-state index in [0.717, 1.165) is 55.8 Å². The van der Waals surface area contributed by atoms with Crippen LogP contribution >= 0.6 is 0 Å². The maximum Gasteiger partial charge on any atom is 0.160 e. The molecule has 53 heavy (non-hydrogen) atoms. The quantitative estimate of drug-likeness (QED) is 0.170. The molecule has 2 heterocycles. The Labute approximate surface area is 309 Å². The highest BCUT2D eigenvalue weighted by atomic mass is 14.9. The van der Waals surface area contributed by atoms with Crippen molar-refractivity contribution in [1.82, 2.24) is 15.0 Å². The molecule has 2 aromatic heterocycles. The smallest absolute Gasteiger partial charge is 0.160 e. The molecule has 1 aliphatic carbocycles. The monoisotopic (exact) mass is 677 g/mol. The van der Waals surface area contributed by atoms with Gasteiger partial charge in [0.2, 0.25) is 0 Å². The van der Waals surface area contributed by atoms with Crippen LogP contribution in [0.4, 0.5) is 0 Å². The van der Waals surface area contributed by atoms with Gasteiger partial charge in [-0.2, -0.15) is 0 Å². The summed E-state index contributed by atoms with van der Waals surface area (Å²) in [7, 11) is 0. The van der Waals surface area contributed by atoms with Crippen LogP contribution in [0.3, 0.4) is 0 Å². The summed E-state index contributed by atoms with van der Waals surface area (Å²) in [5, 5.41) is 3.52. The maximum atomic E-state index is 5.48. The molecular formula is C50H35N3. The summed E-state index contributed by atoms with van der Waals surface area (Å²) in [4.78, 5) is 15.9. The van der Waals surface area contributed by atoms with Crippen molar-refractivity contribution < 1.29 is 0 Å². The van der Waals surface area contributed by atoms with E-state index in [1.165, 1.54) is 38.6 Å². The molecule has 0 saturated carbocycles. The number of hydrogen-bond acceptors (Lipinski definition) is 3. The van der Waals surface area contributed by atoms with Crippen LogP contribution in [-0.2, 0) is 5.41 Å². The molecule has 0 saturated heterocycles. The molecule has 0 spiro atoms. The predicted molar refractivity (Wildman–Crippen MR) is 220 cm³/mol. The largest absolute Gasteiger partial charge is 0.247 e. The lowest BCUT2D eigenvalue weighted by atomic mass is 9.78. The first-order chi connectivity index (χ1) is 26.0. The number of rotatable bonds is 5. The average Bonchev–Trinajstić information content (AvgIpc) is 3.46. The first kappa shape index (κ1) is 31.1. The summed E-state index contributed by atoms with van der Waals surface area (Å²) < 4.78 is 0. The van der Waals surface area contributed by atoms with Gasteiger partial charge in [-0.05, 0) is 50.9 Å². The fourth-order valence-electron chi connectivity index (χ4n) is 8.23. The van der Waals surface area contributed by atoms with E-state index >= 15 is 0 Å². The number of pyridine rings is 1. The molecule has 0 aliphatic heterocycles. The standard InChI is InChI=1S/C50H35N3/c1-50(2)42-23-12-11-22-40(42)48-46(50)45(41-29-28-34-16-9-10-21-39(34)47(41)53-48)38-20-13-19-37(30-38)44-31-43(35-17-7-4-8-18-35)51-49(52-44)36-26-24-33(25-27-36)32-14-5-3-6-15-32/h3-31H,1-2H3. The van der Waals surface area contributed by atoms with Crippen LogP contribution in [0.5, 0.6) is 0 Å². The van der Waals surface area contributed by atoms with E-state index in [4.69, 9.17) is 15.0 Å². The SMILES string of the molecule is CC1(C)c2ccccc2-c2nc3c(ccc4ccccc43)c(-c3cccc(-c4cc(-c5ccccc5)nc(-c5ccc(-c6ccccc6)cc5)n4)c3)c21. The summed E-state index contributed by atoms with van der Waals surface area (Å²) in [6.07, 6.45) is 0. The second-order valence-electron chi connectivity index (χ2n) is 14.4. The number of hydrogen-bond donors (Lipinski definition) is 0. The van der Waals surface area contributed by atoms with Crippen LogP contribution in [0.1, 0.15) is 25.0 Å². The summed E-state index contributed by atoms with van der Waals surface area (Å²) in [5.74, 6) is 0.699. The molecule has 0 unspecified atom stereocenters. The molecule has 3 heteroatoms. The molecule has 0 fully saturated rings. The molecule has 0 atom stereocenters. The van der Waals surface area contributed by atoms with Gasteiger partial charge in [0.1, 0.15) is 0 Å². The number of fused-ring (bicyclic) bond motifs is 6. The minimum Gasteiger partial charge on any atom is -0.247 e. The Morgan fingerprint density at radius 2 is 1.02 bits per heavy atom. The Kier molecular flexibility index (Phi) is 7.16. The molecule has 0 radical (unpaired) electrons. The molecule has 1 aliphatic rings. The van der Waals surface area contributed by atoms with Crippen LogP contribution in [0.25, 0.3) is 89.1 Å². The van der Waals surface area contributed by atoms with Gasteiger partial charge >= 0.3 is 0 Å². The van der Waals surface area contributed by atoms with Crippen molar-refractivity contribution >= 4 is 21.7 Å². The van der Waals surface area contributed by atoms with E-state index in [2.05, 4.69) is 178 Å². The van der Waals surface area contributed by atoms with Gasteiger partial charge in [0, 0.05) is 38.4 Å². The second-order valence-corrected chi connectivity index (χ2v) is 14.4. The van der Waals surface area contributed by atoms with Crippen LogP contribution in [0, 0.1) is 0 Å². The van der Waals surface area contributed by atoms with E-state index in [9.17, 15) is 0 Å². The Morgan fingerprint density at radius 3 is 1.81 bits per heavy atom. The summed E-state index contributed by atoms with van der Waals surface area (Å²) in [6.45, 7) is 4.68. The third-order valence-corrected chi connectivity index (χ3v) is 10.9. The van der Waals surface area contributed by atoms with Crippen molar-refractivity contribution in [1.29, 1.82) is 0 Å². The van der Waals surface area contributed by atoms with Gasteiger partial charge in [0.15, 0.2) is 5.82 Å². The lowest BCUT2D eigenvalue weighted by molar-refractivity contribution is 0.662. The zero-order chi connectivity index (χ0) is 35.5. The first-order valence-electron chi connectivity index (χ1n) is 18.2. The van der Waals surface area contributed by atoms with Gasteiger partial charge in [0.25, 0.3) is 0 Å².